The van der Waals surface area contributed by atoms with E-state index in [-0.39, 0.29) is 35.6 Å². The van der Waals surface area contributed by atoms with Gasteiger partial charge in [-0.2, -0.15) is 0 Å². The molecule has 142 valence electrons. The highest BCUT2D eigenvalue weighted by Crippen LogP contribution is 2.26. The molecule has 1 fully saturated rings. The van der Waals surface area contributed by atoms with Gasteiger partial charge in [0.15, 0.2) is 0 Å². The second-order valence-corrected chi connectivity index (χ2v) is 6.74. The van der Waals surface area contributed by atoms with Gasteiger partial charge in [0.25, 0.3) is 5.91 Å². The number of phenolic OH excluding ortho intramolecular Hbond substituents is 1. The van der Waals surface area contributed by atoms with Crippen molar-refractivity contribution in [1.29, 1.82) is 0 Å². The third kappa shape index (κ3) is 4.78. The maximum absolute atomic E-state index is 12.3. The lowest BCUT2D eigenvalue weighted by atomic mass is 10.1. The number of ether oxygens (including phenoxy) is 1. The molecule has 2 aromatic rings. The molecule has 0 spiro atoms. The number of anilines is 1. The SMILES string of the molecule is COc1ccc(C(=O)NCc2cccc(NC(=O)C3CCCC3)c2)c(O)c1. The number of hydrogen-bond acceptors (Lipinski definition) is 4. The third-order valence-corrected chi connectivity index (χ3v) is 4.82. The molecule has 1 aliphatic carbocycles. The van der Waals surface area contributed by atoms with Gasteiger partial charge in [-0.1, -0.05) is 25.0 Å². The molecule has 3 rings (SSSR count). The lowest BCUT2D eigenvalue weighted by molar-refractivity contribution is -0.119. The summed E-state index contributed by atoms with van der Waals surface area (Å²) in [4.78, 5) is 24.5. The van der Waals surface area contributed by atoms with E-state index in [1.807, 2.05) is 24.3 Å². The predicted octanol–water partition coefficient (Wildman–Crippen LogP) is 3.46. The van der Waals surface area contributed by atoms with Crippen LogP contribution in [0.4, 0.5) is 5.69 Å². The molecule has 1 saturated carbocycles. The lowest BCUT2D eigenvalue weighted by Crippen LogP contribution is -2.23. The molecule has 27 heavy (non-hydrogen) atoms. The van der Waals surface area contributed by atoms with Crippen LogP contribution in [0.3, 0.4) is 0 Å². The minimum Gasteiger partial charge on any atom is -0.507 e. The summed E-state index contributed by atoms with van der Waals surface area (Å²) in [6.07, 6.45) is 4.13. The number of hydrogen-bond donors (Lipinski definition) is 3. The van der Waals surface area contributed by atoms with Crippen LogP contribution in [0.1, 0.15) is 41.6 Å². The zero-order valence-corrected chi connectivity index (χ0v) is 15.3. The van der Waals surface area contributed by atoms with Gasteiger partial charge in [-0.15, -0.1) is 0 Å². The fourth-order valence-corrected chi connectivity index (χ4v) is 3.30. The zero-order valence-electron chi connectivity index (χ0n) is 15.3. The summed E-state index contributed by atoms with van der Waals surface area (Å²) >= 11 is 0. The summed E-state index contributed by atoms with van der Waals surface area (Å²) in [6.45, 7) is 0.289. The number of rotatable bonds is 6. The lowest BCUT2D eigenvalue weighted by Gasteiger charge is -2.12. The highest BCUT2D eigenvalue weighted by atomic mass is 16.5. The maximum atomic E-state index is 12.3. The van der Waals surface area contributed by atoms with Crippen LogP contribution in [-0.4, -0.2) is 24.0 Å². The molecule has 3 N–H and O–H groups in total. The van der Waals surface area contributed by atoms with Crippen LogP contribution >= 0.6 is 0 Å². The second-order valence-electron chi connectivity index (χ2n) is 6.74. The summed E-state index contributed by atoms with van der Waals surface area (Å²) in [5.41, 5.74) is 1.77. The van der Waals surface area contributed by atoms with Crippen molar-refractivity contribution >= 4 is 17.5 Å². The normalized spacial score (nSPS) is 14.0. The van der Waals surface area contributed by atoms with Crippen molar-refractivity contribution < 1.29 is 19.4 Å². The number of aromatic hydroxyl groups is 1. The average molecular weight is 368 g/mol. The van der Waals surface area contributed by atoms with E-state index in [4.69, 9.17) is 4.74 Å². The minimum absolute atomic E-state index is 0.0665. The Labute approximate surface area is 158 Å². The highest BCUT2D eigenvalue weighted by molar-refractivity contribution is 5.97. The maximum Gasteiger partial charge on any atom is 0.255 e. The van der Waals surface area contributed by atoms with Crippen molar-refractivity contribution in [1.82, 2.24) is 5.32 Å². The smallest absolute Gasteiger partial charge is 0.255 e. The van der Waals surface area contributed by atoms with Crippen LogP contribution in [0.5, 0.6) is 11.5 Å². The van der Waals surface area contributed by atoms with E-state index in [9.17, 15) is 14.7 Å². The van der Waals surface area contributed by atoms with Gasteiger partial charge >= 0.3 is 0 Å². The monoisotopic (exact) mass is 368 g/mol. The molecule has 0 aromatic heterocycles. The molecule has 6 nitrogen and oxygen atoms in total. The van der Waals surface area contributed by atoms with Crippen LogP contribution in [0.2, 0.25) is 0 Å². The molecule has 0 unspecified atom stereocenters. The van der Waals surface area contributed by atoms with E-state index in [1.165, 1.54) is 19.2 Å². The quantitative estimate of drug-likeness (QED) is 0.729. The van der Waals surface area contributed by atoms with Gasteiger partial charge in [-0.25, -0.2) is 0 Å². The van der Waals surface area contributed by atoms with Crippen LogP contribution < -0.4 is 15.4 Å². The van der Waals surface area contributed by atoms with Crippen molar-refractivity contribution in [2.75, 3.05) is 12.4 Å². The molecule has 2 aromatic carbocycles. The van der Waals surface area contributed by atoms with Gasteiger partial charge in [0.05, 0.1) is 12.7 Å². The summed E-state index contributed by atoms with van der Waals surface area (Å²) < 4.78 is 5.01. The molecular weight excluding hydrogens is 344 g/mol. The van der Waals surface area contributed by atoms with Crippen LogP contribution in [0.15, 0.2) is 42.5 Å². The Morgan fingerprint density at radius 1 is 1.15 bits per heavy atom. The molecule has 0 bridgehead atoms. The molecule has 0 atom stereocenters. The molecule has 0 radical (unpaired) electrons. The number of carbonyl (C=O) groups excluding carboxylic acids is 2. The van der Waals surface area contributed by atoms with Crippen molar-refractivity contribution in [3.63, 3.8) is 0 Å². The van der Waals surface area contributed by atoms with Gasteiger partial charge in [0.2, 0.25) is 5.91 Å². The number of methoxy groups -OCH3 is 1. The standard InChI is InChI=1S/C21H24N2O4/c1-27-17-9-10-18(19(24)12-17)21(26)22-13-14-5-4-8-16(11-14)23-20(25)15-6-2-3-7-15/h4-5,8-12,15,24H,2-3,6-7,13H2,1H3,(H,22,26)(H,23,25). The Bertz CT molecular complexity index is 829. The van der Waals surface area contributed by atoms with Gasteiger partial charge in [-0.05, 0) is 42.7 Å². The van der Waals surface area contributed by atoms with Crippen molar-refractivity contribution in [2.24, 2.45) is 5.92 Å². The van der Waals surface area contributed by atoms with Crippen molar-refractivity contribution in [3.05, 3.63) is 53.6 Å². The number of benzene rings is 2. The van der Waals surface area contributed by atoms with E-state index in [1.54, 1.807) is 6.07 Å². The first-order chi connectivity index (χ1) is 13.1. The van der Waals surface area contributed by atoms with E-state index in [0.717, 1.165) is 36.9 Å². The summed E-state index contributed by atoms with van der Waals surface area (Å²) in [5, 5.41) is 15.7. The number of phenols is 1. The number of carbonyl (C=O) groups is 2. The second kappa shape index (κ2) is 8.58. The Balaban J connectivity index is 1.59. The van der Waals surface area contributed by atoms with Gasteiger partial charge in [0.1, 0.15) is 11.5 Å². The summed E-state index contributed by atoms with van der Waals surface area (Å²) in [7, 11) is 1.49. The zero-order chi connectivity index (χ0) is 19.2. The number of amides is 2. The Morgan fingerprint density at radius 2 is 1.93 bits per heavy atom. The first kappa shape index (κ1) is 18.8. The molecule has 0 heterocycles. The Morgan fingerprint density at radius 3 is 2.63 bits per heavy atom. The summed E-state index contributed by atoms with van der Waals surface area (Å²) in [5.74, 6) is 0.137. The van der Waals surface area contributed by atoms with E-state index in [0.29, 0.717) is 5.75 Å². The predicted molar refractivity (Wildman–Crippen MR) is 103 cm³/mol. The van der Waals surface area contributed by atoms with E-state index in [2.05, 4.69) is 10.6 Å². The fourth-order valence-electron chi connectivity index (χ4n) is 3.30. The van der Waals surface area contributed by atoms with Crippen molar-refractivity contribution in [3.8, 4) is 11.5 Å². The largest absolute Gasteiger partial charge is 0.507 e. The molecule has 1 aliphatic rings. The van der Waals surface area contributed by atoms with Crippen molar-refractivity contribution in [2.45, 2.75) is 32.2 Å². The molecule has 6 heteroatoms. The van der Waals surface area contributed by atoms with E-state index < -0.39 is 0 Å². The van der Waals surface area contributed by atoms with Gasteiger partial charge in [-0.3, -0.25) is 9.59 Å². The molecule has 0 saturated heterocycles. The molecular formula is C21H24N2O4. The first-order valence-corrected chi connectivity index (χ1v) is 9.12. The topological polar surface area (TPSA) is 87.7 Å². The Hall–Kier alpha value is -3.02. The van der Waals surface area contributed by atoms with Crippen LogP contribution in [0.25, 0.3) is 0 Å². The fraction of sp³-hybridized carbons (Fsp3) is 0.333. The number of nitrogens with one attached hydrogen (secondary N) is 2. The molecule has 2 amide bonds. The van der Waals surface area contributed by atoms with E-state index >= 15 is 0 Å². The summed E-state index contributed by atoms with van der Waals surface area (Å²) in [6, 6.07) is 11.9. The van der Waals surface area contributed by atoms with Gasteiger partial charge in [0, 0.05) is 24.2 Å². The van der Waals surface area contributed by atoms with Crippen LogP contribution in [-0.2, 0) is 11.3 Å². The first-order valence-electron chi connectivity index (χ1n) is 9.12. The van der Waals surface area contributed by atoms with Gasteiger partial charge < -0.3 is 20.5 Å². The molecule has 0 aliphatic heterocycles. The minimum atomic E-state index is -0.379. The van der Waals surface area contributed by atoms with Crippen LogP contribution in [0, 0.1) is 5.92 Å². The Kier molecular flexibility index (Phi) is 5.96. The highest BCUT2D eigenvalue weighted by Gasteiger charge is 2.22. The average Bonchev–Trinajstić information content (AvgIpc) is 3.21. The third-order valence-electron chi connectivity index (χ3n) is 4.82.